The lowest BCUT2D eigenvalue weighted by Gasteiger charge is -2.15. The molecule has 1 unspecified atom stereocenters. The molecular formula is C12H16FNO3. The Hall–Kier alpha value is -1.62. The van der Waals surface area contributed by atoms with Gasteiger partial charge >= 0.3 is 5.97 Å². The predicted octanol–water partition coefficient (Wildman–Crippen LogP) is 2.06. The molecule has 0 spiro atoms. The van der Waals surface area contributed by atoms with Crippen molar-refractivity contribution in [1.29, 1.82) is 0 Å². The number of carbonyl (C=O) groups is 1. The lowest BCUT2D eigenvalue weighted by atomic mass is 10.2. The maximum Gasteiger partial charge on any atom is 0.337 e. The molecule has 1 aromatic carbocycles. The van der Waals surface area contributed by atoms with Crippen LogP contribution in [0, 0.1) is 5.82 Å². The third kappa shape index (κ3) is 3.71. The largest absolute Gasteiger partial charge is 0.465 e. The average molecular weight is 241 g/mol. The van der Waals surface area contributed by atoms with Crippen molar-refractivity contribution in [3.63, 3.8) is 0 Å². The van der Waals surface area contributed by atoms with Crippen molar-refractivity contribution in [2.45, 2.75) is 13.0 Å². The van der Waals surface area contributed by atoms with E-state index >= 15 is 0 Å². The van der Waals surface area contributed by atoms with E-state index < -0.39 is 11.8 Å². The Kier molecular flexibility index (Phi) is 4.90. The number of rotatable bonds is 5. The van der Waals surface area contributed by atoms with Gasteiger partial charge in [-0.3, -0.25) is 0 Å². The van der Waals surface area contributed by atoms with E-state index in [0.29, 0.717) is 12.2 Å². The summed E-state index contributed by atoms with van der Waals surface area (Å²) in [6.07, 6.45) is 0. The summed E-state index contributed by atoms with van der Waals surface area (Å²) in [5, 5.41) is 2.92. The normalized spacial score (nSPS) is 12.0. The van der Waals surface area contributed by atoms with Crippen LogP contribution in [0.4, 0.5) is 10.1 Å². The van der Waals surface area contributed by atoms with Crippen LogP contribution in [-0.2, 0) is 9.47 Å². The summed E-state index contributed by atoms with van der Waals surface area (Å²) in [5.41, 5.74) is 0.568. The van der Waals surface area contributed by atoms with Crippen molar-refractivity contribution >= 4 is 11.7 Å². The van der Waals surface area contributed by atoms with Gasteiger partial charge in [0.2, 0.25) is 0 Å². The quantitative estimate of drug-likeness (QED) is 0.801. The molecule has 0 saturated heterocycles. The minimum atomic E-state index is -0.493. The molecule has 94 valence electrons. The van der Waals surface area contributed by atoms with Crippen molar-refractivity contribution in [2.24, 2.45) is 0 Å². The van der Waals surface area contributed by atoms with E-state index in [1.54, 1.807) is 7.11 Å². The Morgan fingerprint density at radius 2 is 2.18 bits per heavy atom. The van der Waals surface area contributed by atoms with Crippen LogP contribution in [0.5, 0.6) is 0 Å². The van der Waals surface area contributed by atoms with E-state index in [1.807, 2.05) is 6.92 Å². The molecule has 0 radical (unpaired) electrons. The highest BCUT2D eigenvalue weighted by Crippen LogP contribution is 2.17. The summed E-state index contributed by atoms with van der Waals surface area (Å²) in [5.74, 6) is -0.909. The smallest absolute Gasteiger partial charge is 0.337 e. The number of ether oxygens (including phenoxy) is 2. The molecule has 0 heterocycles. The molecule has 1 atom stereocenters. The minimum Gasteiger partial charge on any atom is -0.465 e. The zero-order valence-corrected chi connectivity index (χ0v) is 10.1. The summed E-state index contributed by atoms with van der Waals surface area (Å²) < 4.78 is 23.0. The van der Waals surface area contributed by atoms with Crippen molar-refractivity contribution < 1.29 is 18.7 Å². The van der Waals surface area contributed by atoms with Gasteiger partial charge in [-0.2, -0.15) is 0 Å². The Bertz CT molecular complexity index is 395. The number of nitrogens with one attached hydrogen (secondary N) is 1. The number of benzene rings is 1. The molecule has 5 heteroatoms. The summed E-state index contributed by atoms with van der Waals surface area (Å²) >= 11 is 0. The van der Waals surface area contributed by atoms with E-state index in [4.69, 9.17) is 4.74 Å². The number of hydrogen-bond donors (Lipinski definition) is 1. The number of esters is 1. The topological polar surface area (TPSA) is 47.6 Å². The second kappa shape index (κ2) is 6.20. The van der Waals surface area contributed by atoms with Gasteiger partial charge in [0, 0.05) is 13.2 Å². The van der Waals surface area contributed by atoms with Crippen molar-refractivity contribution in [1.82, 2.24) is 0 Å². The molecule has 1 rings (SSSR count). The van der Waals surface area contributed by atoms with Gasteiger partial charge in [0.1, 0.15) is 5.82 Å². The van der Waals surface area contributed by atoms with Gasteiger partial charge in [-0.05, 0) is 25.1 Å². The minimum absolute atomic E-state index is 0.0533. The molecule has 1 aromatic rings. The van der Waals surface area contributed by atoms with E-state index in [9.17, 15) is 9.18 Å². The third-order valence-corrected chi connectivity index (χ3v) is 2.21. The fourth-order valence-electron chi connectivity index (χ4n) is 1.44. The average Bonchev–Trinajstić information content (AvgIpc) is 2.31. The lowest BCUT2D eigenvalue weighted by molar-refractivity contribution is 0.0600. The van der Waals surface area contributed by atoms with Crippen LogP contribution in [-0.4, -0.2) is 32.8 Å². The fourth-order valence-corrected chi connectivity index (χ4v) is 1.44. The summed E-state index contributed by atoms with van der Waals surface area (Å²) in [6, 6.07) is 3.98. The molecule has 0 bridgehead atoms. The molecular weight excluding hydrogens is 225 g/mol. The van der Waals surface area contributed by atoms with Crippen molar-refractivity contribution in [2.75, 3.05) is 26.1 Å². The van der Waals surface area contributed by atoms with E-state index in [0.717, 1.165) is 0 Å². The van der Waals surface area contributed by atoms with E-state index in [-0.39, 0.29) is 11.7 Å². The van der Waals surface area contributed by atoms with Crippen LogP contribution >= 0.6 is 0 Å². The first-order valence-corrected chi connectivity index (χ1v) is 5.21. The highest BCUT2D eigenvalue weighted by molar-refractivity contribution is 5.90. The monoisotopic (exact) mass is 241 g/mol. The van der Waals surface area contributed by atoms with Crippen LogP contribution in [0.3, 0.4) is 0 Å². The number of hydrogen-bond acceptors (Lipinski definition) is 4. The molecule has 0 amide bonds. The predicted molar refractivity (Wildman–Crippen MR) is 62.7 cm³/mol. The Balaban J connectivity index is 2.86. The first-order chi connectivity index (χ1) is 8.08. The number of anilines is 1. The SMILES string of the molecule is COCC(C)Nc1cc(C(=O)OC)ccc1F. The van der Waals surface area contributed by atoms with Gasteiger partial charge < -0.3 is 14.8 Å². The molecule has 0 saturated carbocycles. The van der Waals surface area contributed by atoms with Gasteiger partial charge in [-0.25, -0.2) is 9.18 Å². The number of methoxy groups -OCH3 is 2. The highest BCUT2D eigenvalue weighted by atomic mass is 19.1. The molecule has 4 nitrogen and oxygen atoms in total. The summed E-state index contributed by atoms with van der Waals surface area (Å²) in [4.78, 5) is 11.3. The second-order valence-corrected chi connectivity index (χ2v) is 3.69. The Labute approximate surface area is 99.7 Å². The van der Waals surface area contributed by atoms with Gasteiger partial charge in [-0.15, -0.1) is 0 Å². The van der Waals surface area contributed by atoms with Crippen molar-refractivity contribution in [3.8, 4) is 0 Å². The fraction of sp³-hybridized carbons (Fsp3) is 0.417. The molecule has 17 heavy (non-hydrogen) atoms. The first kappa shape index (κ1) is 13.4. The number of halogens is 1. The molecule has 0 aliphatic rings. The van der Waals surface area contributed by atoms with Gasteiger partial charge in [0.25, 0.3) is 0 Å². The van der Waals surface area contributed by atoms with Crippen LogP contribution in [0.15, 0.2) is 18.2 Å². The van der Waals surface area contributed by atoms with Crippen LogP contribution in [0.25, 0.3) is 0 Å². The number of carbonyl (C=O) groups excluding carboxylic acids is 1. The summed E-state index contributed by atoms with van der Waals surface area (Å²) in [6.45, 7) is 2.30. The molecule has 0 aliphatic heterocycles. The second-order valence-electron chi connectivity index (χ2n) is 3.69. The molecule has 0 aromatic heterocycles. The molecule has 0 aliphatic carbocycles. The van der Waals surface area contributed by atoms with Crippen molar-refractivity contribution in [3.05, 3.63) is 29.6 Å². The standard InChI is InChI=1S/C12H16FNO3/c1-8(7-16-2)14-11-6-9(12(15)17-3)4-5-10(11)13/h4-6,8,14H,7H2,1-3H3. The zero-order chi connectivity index (χ0) is 12.8. The summed E-state index contributed by atoms with van der Waals surface area (Å²) in [7, 11) is 2.85. The lowest BCUT2D eigenvalue weighted by Crippen LogP contribution is -2.21. The molecule has 0 fully saturated rings. The van der Waals surface area contributed by atoms with Gasteiger partial charge in [0.05, 0.1) is 25.0 Å². The zero-order valence-electron chi connectivity index (χ0n) is 10.1. The molecule has 1 N–H and O–H groups in total. The Morgan fingerprint density at radius 1 is 1.47 bits per heavy atom. The van der Waals surface area contributed by atoms with Gasteiger partial charge in [0.15, 0.2) is 0 Å². The van der Waals surface area contributed by atoms with Crippen LogP contribution < -0.4 is 5.32 Å². The van der Waals surface area contributed by atoms with E-state index in [1.165, 1.54) is 25.3 Å². The van der Waals surface area contributed by atoms with Crippen LogP contribution in [0.1, 0.15) is 17.3 Å². The van der Waals surface area contributed by atoms with Crippen LogP contribution in [0.2, 0.25) is 0 Å². The third-order valence-electron chi connectivity index (χ3n) is 2.21. The van der Waals surface area contributed by atoms with E-state index in [2.05, 4.69) is 10.1 Å². The highest BCUT2D eigenvalue weighted by Gasteiger charge is 2.11. The first-order valence-electron chi connectivity index (χ1n) is 5.21. The van der Waals surface area contributed by atoms with Gasteiger partial charge in [-0.1, -0.05) is 0 Å². The maximum absolute atomic E-state index is 13.5. The maximum atomic E-state index is 13.5. The Morgan fingerprint density at radius 3 is 2.76 bits per heavy atom.